The van der Waals surface area contributed by atoms with Crippen molar-refractivity contribution in [1.29, 1.82) is 0 Å². The summed E-state index contributed by atoms with van der Waals surface area (Å²) >= 11 is 0. The molecule has 0 atom stereocenters. The van der Waals surface area contributed by atoms with Crippen molar-refractivity contribution in [2.75, 3.05) is 0 Å². The average molecular weight is 285 g/mol. The molecule has 2 heterocycles. The number of benzene rings is 2. The first-order valence-corrected chi connectivity index (χ1v) is 7.37. The Bertz CT molecular complexity index is 872. The van der Waals surface area contributed by atoms with E-state index < -0.39 is 0 Å². The number of hydrogen-bond acceptors (Lipinski definition) is 1. The van der Waals surface area contributed by atoms with Crippen molar-refractivity contribution in [2.24, 2.45) is 0 Å². The molecule has 0 N–H and O–H groups in total. The fourth-order valence-corrected chi connectivity index (χ4v) is 3.06. The first kappa shape index (κ1) is 12.8. The van der Waals surface area contributed by atoms with Crippen molar-refractivity contribution >= 4 is 18.1 Å². The summed E-state index contributed by atoms with van der Waals surface area (Å²) in [6.45, 7) is 0. The predicted molar refractivity (Wildman–Crippen MR) is 88.8 cm³/mol. The molecular formula is C20H15NO. The molecule has 3 aromatic rings. The molecule has 4 rings (SSSR count). The van der Waals surface area contributed by atoms with Gasteiger partial charge in [0.15, 0.2) is 6.29 Å². The van der Waals surface area contributed by atoms with E-state index in [0.717, 1.165) is 35.2 Å². The van der Waals surface area contributed by atoms with Gasteiger partial charge in [0.05, 0.1) is 5.70 Å². The van der Waals surface area contributed by atoms with Gasteiger partial charge >= 0.3 is 0 Å². The van der Waals surface area contributed by atoms with Crippen LogP contribution in [0, 0.1) is 0 Å². The van der Waals surface area contributed by atoms with E-state index in [0.29, 0.717) is 0 Å². The molecule has 2 aromatic carbocycles. The number of hydrogen-bond donors (Lipinski definition) is 0. The lowest BCUT2D eigenvalue weighted by Crippen LogP contribution is -2.03. The maximum atomic E-state index is 11.4. The number of carbonyl (C=O) groups is 1. The zero-order valence-corrected chi connectivity index (χ0v) is 12.1. The van der Waals surface area contributed by atoms with E-state index in [2.05, 4.69) is 41.0 Å². The van der Waals surface area contributed by atoms with Crippen LogP contribution in [-0.4, -0.2) is 10.9 Å². The molecule has 0 saturated heterocycles. The number of carbonyl (C=O) groups excluding carboxylic acids is 1. The number of aldehydes is 1. The van der Waals surface area contributed by atoms with Gasteiger partial charge in [0, 0.05) is 23.9 Å². The molecule has 0 spiro atoms. The normalized spacial score (nSPS) is 12.8. The van der Waals surface area contributed by atoms with Crippen LogP contribution in [0.25, 0.3) is 11.8 Å². The lowest BCUT2D eigenvalue weighted by molar-refractivity contribution is 0.112. The zero-order valence-electron chi connectivity index (χ0n) is 12.1. The molecule has 0 unspecified atom stereocenters. The fraction of sp³-hybridized carbons (Fsp3) is 0.0500. The molecule has 0 amide bonds. The number of aromatic nitrogens is 1. The van der Waals surface area contributed by atoms with E-state index in [9.17, 15) is 4.79 Å². The van der Waals surface area contributed by atoms with E-state index in [1.165, 1.54) is 11.1 Å². The zero-order chi connectivity index (χ0) is 14.9. The van der Waals surface area contributed by atoms with Crippen molar-refractivity contribution in [1.82, 2.24) is 4.57 Å². The largest absolute Gasteiger partial charge is 0.319 e. The van der Waals surface area contributed by atoms with Crippen molar-refractivity contribution < 1.29 is 4.79 Å². The Labute approximate surface area is 129 Å². The summed E-state index contributed by atoms with van der Waals surface area (Å²) in [7, 11) is 0. The van der Waals surface area contributed by atoms with E-state index >= 15 is 0 Å². The molecule has 2 nitrogen and oxygen atoms in total. The van der Waals surface area contributed by atoms with Gasteiger partial charge < -0.3 is 4.57 Å². The van der Waals surface area contributed by atoms with Crippen molar-refractivity contribution in [2.45, 2.75) is 6.42 Å². The van der Waals surface area contributed by atoms with Crippen LogP contribution in [0.15, 0.2) is 66.9 Å². The first-order valence-electron chi connectivity index (χ1n) is 7.37. The Kier molecular flexibility index (Phi) is 3.01. The van der Waals surface area contributed by atoms with Crippen LogP contribution in [0.5, 0.6) is 0 Å². The lowest BCUT2D eigenvalue weighted by Gasteiger charge is -2.12. The van der Waals surface area contributed by atoms with Gasteiger partial charge in [0.1, 0.15) is 0 Å². The average Bonchev–Trinajstić information content (AvgIpc) is 2.89. The predicted octanol–water partition coefficient (Wildman–Crippen LogP) is 4.25. The van der Waals surface area contributed by atoms with Crippen LogP contribution in [-0.2, 0) is 6.42 Å². The molecule has 1 aliphatic heterocycles. The van der Waals surface area contributed by atoms with E-state index in [-0.39, 0.29) is 0 Å². The second kappa shape index (κ2) is 5.15. The Morgan fingerprint density at radius 3 is 2.50 bits per heavy atom. The Morgan fingerprint density at radius 1 is 0.909 bits per heavy atom. The SMILES string of the molecule is O=Cc1ccn2c1Cc1ccccc1C=C2c1ccccc1. The third-order valence-corrected chi connectivity index (χ3v) is 4.19. The van der Waals surface area contributed by atoms with Gasteiger partial charge in [-0.3, -0.25) is 4.79 Å². The number of nitrogens with zero attached hydrogens (tertiary/aromatic N) is 1. The van der Waals surface area contributed by atoms with E-state index in [1.807, 2.05) is 36.5 Å². The van der Waals surface area contributed by atoms with E-state index in [4.69, 9.17) is 0 Å². The van der Waals surface area contributed by atoms with Crippen LogP contribution >= 0.6 is 0 Å². The minimum atomic E-state index is 0.763. The van der Waals surface area contributed by atoms with Crippen LogP contribution in [0.2, 0.25) is 0 Å². The molecule has 1 aliphatic rings. The molecule has 0 saturated carbocycles. The van der Waals surface area contributed by atoms with Gasteiger partial charge in [0.2, 0.25) is 0 Å². The third-order valence-electron chi connectivity index (χ3n) is 4.19. The monoisotopic (exact) mass is 285 g/mol. The van der Waals surface area contributed by atoms with Gasteiger partial charge in [-0.25, -0.2) is 0 Å². The quantitative estimate of drug-likeness (QED) is 0.505. The van der Waals surface area contributed by atoms with E-state index in [1.54, 1.807) is 0 Å². The maximum Gasteiger partial charge on any atom is 0.151 e. The summed E-state index contributed by atoms with van der Waals surface area (Å²) in [5.74, 6) is 0. The Hall–Kier alpha value is -2.87. The van der Waals surface area contributed by atoms with Crippen LogP contribution < -0.4 is 0 Å². The standard InChI is InChI=1S/C20H15NO/c22-14-18-10-11-21-19(15-6-2-1-3-7-15)12-16-8-4-5-9-17(16)13-20(18)21/h1-12,14H,13H2. The molecule has 1 aromatic heterocycles. The molecule has 0 fully saturated rings. The highest BCUT2D eigenvalue weighted by Crippen LogP contribution is 2.30. The van der Waals surface area contributed by atoms with Gasteiger partial charge in [-0.05, 0) is 28.8 Å². The van der Waals surface area contributed by atoms with Crippen molar-refractivity contribution in [3.8, 4) is 0 Å². The molecular weight excluding hydrogens is 270 g/mol. The smallest absolute Gasteiger partial charge is 0.151 e. The molecule has 0 radical (unpaired) electrons. The highest BCUT2D eigenvalue weighted by molar-refractivity contribution is 5.87. The number of fused-ring (bicyclic) bond motifs is 2. The number of rotatable bonds is 2. The van der Waals surface area contributed by atoms with Gasteiger partial charge in [0.25, 0.3) is 0 Å². The minimum absolute atomic E-state index is 0.763. The highest BCUT2D eigenvalue weighted by Gasteiger charge is 2.18. The molecule has 0 aliphatic carbocycles. The molecule has 0 bridgehead atoms. The Balaban J connectivity index is 2.01. The summed E-state index contributed by atoms with van der Waals surface area (Å²) in [6.07, 6.45) is 5.91. The third kappa shape index (κ3) is 2.01. The minimum Gasteiger partial charge on any atom is -0.319 e. The second-order valence-electron chi connectivity index (χ2n) is 5.48. The summed E-state index contributed by atoms with van der Waals surface area (Å²) in [5, 5.41) is 0. The summed E-state index contributed by atoms with van der Waals surface area (Å²) in [4.78, 5) is 11.4. The maximum absolute atomic E-state index is 11.4. The molecule has 2 heteroatoms. The molecule has 22 heavy (non-hydrogen) atoms. The van der Waals surface area contributed by atoms with Gasteiger partial charge in [-0.2, -0.15) is 0 Å². The van der Waals surface area contributed by atoms with Gasteiger partial charge in [-0.15, -0.1) is 0 Å². The molecule has 106 valence electrons. The topological polar surface area (TPSA) is 22.0 Å². The van der Waals surface area contributed by atoms with Gasteiger partial charge in [-0.1, -0.05) is 54.6 Å². The first-order chi connectivity index (χ1) is 10.9. The highest BCUT2D eigenvalue weighted by atomic mass is 16.1. The van der Waals surface area contributed by atoms with Crippen LogP contribution in [0.4, 0.5) is 0 Å². The van der Waals surface area contributed by atoms with Crippen molar-refractivity contribution in [3.05, 3.63) is 94.8 Å². The van der Waals surface area contributed by atoms with Crippen molar-refractivity contribution in [3.63, 3.8) is 0 Å². The van der Waals surface area contributed by atoms with Crippen LogP contribution in [0.1, 0.15) is 32.7 Å². The second-order valence-corrected chi connectivity index (χ2v) is 5.48. The fourth-order valence-electron chi connectivity index (χ4n) is 3.06. The lowest BCUT2D eigenvalue weighted by atomic mass is 10.0. The van der Waals surface area contributed by atoms with Crippen LogP contribution in [0.3, 0.4) is 0 Å². The Morgan fingerprint density at radius 2 is 1.68 bits per heavy atom. The summed E-state index contributed by atoms with van der Waals surface area (Å²) < 4.78 is 2.14. The summed E-state index contributed by atoms with van der Waals surface area (Å²) in [5.41, 5.74) is 6.52. The summed E-state index contributed by atoms with van der Waals surface area (Å²) in [6, 6.07) is 20.6.